The molecule has 0 spiro atoms. The molecule has 0 amide bonds. The lowest BCUT2D eigenvalue weighted by molar-refractivity contribution is 0.244. The first-order chi connectivity index (χ1) is 4.43. The summed E-state index contributed by atoms with van der Waals surface area (Å²) in [6.07, 6.45) is 0.677. The van der Waals surface area contributed by atoms with Crippen molar-refractivity contribution in [3.63, 3.8) is 0 Å². The number of tetrazole rings is 1. The number of aromatic nitrogens is 4. The summed E-state index contributed by atoms with van der Waals surface area (Å²) in [5, 5.41) is 13.0. The Morgan fingerprint density at radius 2 is 2.56 bits per heavy atom. The molecule has 5 heteroatoms. The summed E-state index contributed by atoms with van der Waals surface area (Å²) in [6.45, 7) is 0.539. The van der Waals surface area contributed by atoms with E-state index in [0.29, 0.717) is 13.0 Å². The van der Waals surface area contributed by atoms with Crippen LogP contribution in [0.2, 0.25) is 0 Å². The van der Waals surface area contributed by atoms with Crippen LogP contribution in [0.15, 0.2) is 0 Å². The van der Waals surface area contributed by atoms with Crippen molar-refractivity contribution in [2.24, 2.45) is 0 Å². The Hall–Kier alpha value is -0.970. The average molecular weight is 127 g/mol. The summed E-state index contributed by atoms with van der Waals surface area (Å²) in [5.41, 5.74) is 0. The lowest BCUT2D eigenvalue weighted by Crippen LogP contribution is -1.95. The third-order valence-corrected chi connectivity index (χ3v) is 0.872. The maximum Gasteiger partial charge on any atom is 0.150 e. The van der Waals surface area contributed by atoms with Gasteiger partial charge in [-0.15, -0.1) is 5.10 Å². The molecule has 1 rings (SSSR count). The molecule has 1 aromatic rings. The van der Waals surface area contributed by atoms with Crippen molar-refractivity contribution in [1.29, 1.82) is 0 Å². The van der Waals surface area contributed by atoms with E-state index in [1.54, 1.807) is 0 Å². The topological polar surface area (TPSA) is 63.7 Å². The molecular weight excluding hydrogens is 120 g/mol. The highest BCUT2D eigenvalue weighted by Gasteiger charge is 1.93. The Balaban J connectivity index is 2.30. The predicted octanol–water partition coefficient (Wildman–Crippen LogP) is -0.450. The molecule has 1 N–H and O–H groups in total. The molecule has 0 fully saturated rings. The first kappa shape index (κ1) is 6.15. The van der Waals surface area contributed by atoms with Gasteiger partial charge in [0.15, 0.2) is 5.82 Å². The van der Waals surface area contributed by atoms with Gasteiger partial charge in [0.2, 0.25) is 0 Å². The Kier molecular flexibility index (Phi) is 2.14. The van der Waals surface area contributed by atoms with Crippen molar-refractivity contribution in [2.45, 2.75) is 6.42 Å². The Labute approximate surface area is 52.4 Å². The first-order valence-corrected chi connectivity index (χ1v) is 2.53. The highest BCUT2D eigenvalue weighted by molar-refractivity contribution is 4.74. The zero-order valence-corrected chi connectivity index (χ0v) is 4.87. The number of hydrogen-bond acceptors (Lipinski definition) is 4. The van der Waals surface area contributed by atoms with Gasteiger partial charge in [0.25, 0.3) is 0 Å². The van der Waals surface area contributed by atoms with Gasteiger partial charge in [-0.2, -0.15) is 0 Å². The molecule has 1 aromatic heterocycles. The van der Waals surface area contributed by atoms with Crippen LogP contribution in [-0.2, 0) is 11.2 Å². The molecule has 1 heterocycles. The molecule has 5 nitrogen and oxygen atoms in total. The third-order valence-electron chi connectivity index (χ3n) is 0.872. The Bertz CT molecular complexity index is 150. The number of ether oxygens (including phenoxy) is 1. The van der Waals surface area contributed by atoms with E-state index >= 15 is 0 Å². The van der Waals surface area contributed by atoms with Crippen LogP contribution in [0.5, 0.6) is 0 Å². The second-order valence-corrected chi connectivity index (χ2v) is 1.51. The summed E-state index contributed by atoms with van der Waals surface area (Å²) < 4.78 is 4.55. The average Bonchev–Trinajstić information content (AvgIpc) is 2.34. The van der Waals surface area contributed by atoms with Gasteiger partial charge in [-0.3, -0.25) is 0 Å². The van der Waals surface area contributed by atoms with Crippen LogP contribution < -0.4 is 0 Å². The molecule has 0 aliphatic carbocycles. The fourth-order valence-electron chi connectivity index (χ4n) is 0.454. The number of aromatic amines is 1. The Morgan fingerprint density at radius 3 is 3.11 bits per heavy atom. The van der Waals surface area contributed by atoms with Crippen LogP contribution in [0, 0.1) is 7.11 Å². The second kappa shape index (κ2) is 3.13. The van der Waals surface area contributed by atoms with E-state index in [4.69, 9.17) is 0 Å². The van der Waals surface area contributed by atoms with Crippen LogP contribution in [-0.4, -0.2) is 27.2 Å². The van der Waals surface area contributed by atoms with Crippen molar-refractivity contribution in [2.75, 3.05) is 6.61 Å². The normalized spacial score (nSPS) is 9.89. The number of rotatable bonds is 3. The van der Waals surface area contributed by atoms with E-state index in [1.165, 1.54) is 0 Å². The summed E-state index contributed by atoms with van der Waals surface area (Å²) in [7, 11) is 3.20. The van der Waals surface area contributed by atoms with Crippen molar-refractivity contribution in [1.82, 2.24) is 20.6 Å². The van der Waals surface area contributed by atoms with E-state index in [9.17, 15) is 0 Å². The van der Waals surface area contributed by atoms with Crippen LogP contribution in [0.4, 0.5) is 0 Å². The fraction of sp³-hybridized carbons (Fsp3) is 0.500. The summed E-state index contributed by atoms with van der Waals surface area (Å²) in [4.78, 5) is 0. The summed E-state index contributed by atoms with van der Waals surface area (Å²) in [6, 6.07) is 0. The largest absolute Gasteiger partial charge is 0.379 e. The van der Waals surface area contributed by atoms with Crippen LogP contribution >= 0.6 is 0 Å². The van der Waals surface area contributed by atoms with Gasteiger partial charge < -0.3 is 4.74 Å². The van der Waals surface area contributed by atoms with Gasteiger partial charge >= 0.3 is 0 Å². The highest BCUT2D eigenvalue weighted by atomic mass is 16.5. The minimum Gasteiger partial charge on any atom is -0.379 e. The summed E-state index contributed by atoms with van der Waals surface area (Å²) in [5.74, 6) is 0.721. The van der Waals surface area contributed by atoms with Crippen LogP contribution in [0.1, 0.15) is 5.82 Å². The van der Waals surface area contributed by atoms with E-state index in [2.05, 4.69) is 32.5 Å². The Morgan fingerprint density at radius 1 is 1.67 bits per heavy atom. The van der Waals surface area contributed by atoms with Crippen LogP contribution in [0.3, 0.4) is 0 Å². The van der Waals surface area contributed by atoms with Crippen molar-refractivity contribution >= 4 is 0 Å². The molecule has 0 bridgehead atoms. The molecule has 0 atom stereocenters. The maximum atomic E-state index is 4.55. The lowest BCUT2D eigenvalue weighted by atomic mass is 10.4. The standard InChI is InChI=1S/C4H7N4O/c1-9-3-2-4-5-7-8-6-4/h1-3H2,(H,5,6,7,8). The van der Waals surface area contributed by atoms with E-state index in [-0.39, 0.29) is 0 Å². The molecule has 9 heavy (non-hydrogen) atoms. The number of H-pyrrole nitrogens is 1. The highest BCUT2D eigenvalue weighted by Crippen LogP contribution is 1.84. The van der Waals surface area contributed by atoms with Crippen molar-refractivity contribution in [3.8, 4) is 0 Å². The van der Waals surface area contributed by atoms with Crippen molar-refractivity contribution in [3.05, 3.63) is 12.9 Å². The molecule has 0 saturated carbocycles. The third kappa shape index (κ3) is 1.77. The second-order valence-electron chi connectivity index (χ2n) is 1.51. The SMILES string of the molecule is [CH2]OCCc1nnn[nH]1. The first-order valence-electron chi connectivity index (χ1n) is 2.53. The van der Waals surface area contributed by atoms with Gasteiger partial charge in [-0.25, -0.2) is 5.10 Å². The fourth-order valence-corrected chi connectivity index (χ4v) is 0.454. The van der Waals surface area contributed by atoms with Gasteiger partial charge in [0, 0.05) is 6.42 Å². The molecule has 0 aliphatic rings. The van der Waals surface area contributed by atoms with Gasteiger partial charge in [0.1, 0.15) is 0 Å². The molecule has 0 unspecified atom stereocenters. The molecule has 0 aromatic carbocycles. The lowest BCUT2D eigenvalue weighted by Gasteiger charge is -1.89. The smallest absolute Gasteiger partial charge is 0.150 e. The molecule has 49 valence electrons. The van der Waals surface area contributed by atoms with Crippen molar-refractivity contribution < 1.29 is 4.74 Å². The van der Waals surface area contributed by atoms with E-state index in [1.807, 2.05) is 0 Å². The zero-order valence-electron chi connectivity index (χ0n) is 4.87. The number of nitrogens with one attached hydrogen (secondary N) is 1. The van der Waals surface area contributed by atoms with Gasteiger partial charge in [-0.05, 0) is 10.4 Å². The molecule has 0 aliphatic heterocycles. The molecule has 0 saturated heterocycles. The van der Waals surface area contributed by atoms with E-state index < -0.39 is 0 Å². The number of hydrogen-bond donors (Lipinski definition) is 1. The van der Waals surface area contributed by atoms with Gasteiger partial charge in [-0.1, -0.05) is 0 Å². The summed E-state index contributed by atoms with van der Waals surface area (Å²) >= 11 is 0. The van der Waals surface area contributed by atoms with E-state index in [0.717, 1.165) is 5.82 Å². The molecular formula is C4H7N4O. The van der Waals surface area contributed by atoms with Crippen LogP contribution in [0.25, 0.3) is 0 Å². The zero-order chi connectivity index (χ0) is 6.53. The predicted molar refractivity (Wildman–Crippen MR) is 29.2 cm³/mol. The minimum atomic E-state index is 0.539. The monoisotopic (exact) mass is 127 g/mol. The maximum absolute atomic E-state index is 4.55. The minimum absolute atomic E-state index is 0.539. The molecule has 1 radical (unpaired) electrons. The van der Waals surface area contributed by atoms with Gasteiger partial charge in [0.05, 0.1) is 13.7 Å². The number of nitrogens with zero attached hydrogens (tertiary/aromatic N) is 3. The quantitative estimate of drug-likeness (QED) is 0.597.